The lowest BCUT2D eigenvalue weighted by molar-refractivity contribution is 0.412. The molecule has 0 fully saturated rings. The Morgan fingerprint density at radius 3 is 2.85 bits per heavy atom. The number of hydrogen-bond acceptors (Lipinski definition) is 1. The predicted octanol–water partition coefficient (Wildman–Crippen LogP) is 3.26. The minimum Gasteiger partial charge on any atom is -0.496 e. The number of rotatable bonds is 3. The van der Waals surface area contributed by atoms with Crippen molar-refractivity contribution >= 4 is 6.08 Å². The number of halogens is 1. The first kappa shape index (κ1) is 9.78. The maximum absolute atomic E-state index is 12.8. The van der Waals surface area contributed by atoms with E-state index in [0.717, 1.165) is 12.0 Å². The highest BCUT2D eigenvalue weighted by Gasteiger charge is 1.99. The van der Waals surface area contributed by atoms with Gasteiger partial charge >= 0.3 is 0 Å². The highest BCUT2D eigenvalue weighted by atomic mass is 19.1. The van der Waals surface area contributed by atoms with Gasteiger partial charge in [0.25, 0.3) is 0 Å². The van der Waals surface area contributed by atoms with E-state index in [0.29, 0.717) is 5.75 Å². The lowest BCUT2D eigenvalue weighted by Gasteiger charge is -2.03. The van der Waals surface area contributed by atoms with Crippen LogP contribution in [0.1, 0.15) is 18.9 Å². The van der Waals surface area contributed by atoms with E-state index in [2.05, 4.69) is 0 Å². The summed E-state index contributed by atoms with van der Waals surface area (Å²) in [6, 6.07) is 4.48. The van der Waals surface area contributed by atoms with Gasteiger partial charge < -0.3 is 4.74 Å². The first-order valence-electron chi connectivity index (χ1n) is 4.28. The van der Waals surface area contributed by atoms with Crippen LogP contribution in [0.2, 0.25) is 0 Å². The Morgan fingerprint density at radius 1 is 1.46 bits per heavy atom. The molecule has 0 unspecified atom stereocenters. The molecule has 2 heteroatoms. The van der Waals surface area contributed by atoms with E-state index in [1.54, 1.807) is 13.2 Å². The van der Waals surface area contributed by atoms with Gasteiger partial charge in [0, 0.05) is 5.56 Å². The molecule has 0 radical (unpaired) electrons. The number of benzene rings is 1. The summed E-state index contributed by atoms with van der Waals surface area (Å²) >= 11 is 0. The Morgan fingerprint density at radius 2 is 2.23 bits per heavy atom. The number of hydrogen-bond donors (Lipinski definition) is 0. The Labute approximate surface area is 77.8 Å². The molecule has 0 aromatic heterocycles. The van der Waals surface area contributed by atoms with E-state index in [4.69, 9.17) is 4.74 Å². The average Bonchev–Trinajstić information content (AvgIpc) is 2.15. The van der Waals surface area contributed by atoms with Gasteiger partial charge in [0.2, 0.25) is 0 Å². The van der Waals surface area contributed by atoms with E-state index in [-0.39, 0.29) is 5.82 Å². The zero-order valence-electron chi connectivity index (χ0n) is 7.88. The van der Waals surface area contributed by atoms with Gasteiger partial charge in [-0.15, -0.1) is 0 Å². The molecule has 0 bridgehead atoms. The molecule has 70 valence electrons. The maximum atomic E-state index is 12.8. The monoisotopic (exact) mass is 180 g/mol. The van der Waals surface area contributed by atoms with E-state index >= 15 is 0 Å². The van der Waals surface area contributed by atoms with Crippen LogP contribution in [0.4, 0.5) is 4.39 Å². The van der Waals surface area contributed by atoms with Gasteiger partial charge in [-0.1, -0.05) is 19.1 Å². The Balaban J connectivity index is 3.01. The van der Waals surface area contributed by atoms with Crippen LogP contribution in [-0.4, -0.2) is 7.11 Å². The molecule has 0 spiro atoms. The van der Waals surface area contributed by atoms with Gasteiger partial charge in [-0.2, -0.15) is 0 Å². The lowest BCUT2D eigenvalue weighted by atomic mass is 10.1. The van der Waals surface area contributed by atoms with Crippen LogP contribution in [0.5, 0.6) is 5.75 Å². The second-order valence-corrected chi connectivity index (χ2v) is 2.70. The molecule has 0 N–H and O–H groups in total. The van der Waals surface area contributed by atoms with Crippen LogP contribution in [0, 0.1) is 5.82 Å². The summed E-state index contributed by atoms with van der Waals surface area (Å²) in [6.07, 6.45) is 4.76. The third kappa shape index (κ3) is 2.58. The normalized spacial score (nSPS) is 10.7. The first-order chi connectivity index (χ1) is 6.27. The minimum absolute atomic E-state index is 0.239. The summed E-state index contributed by atoms with van der Waals surface area (Å²) < 4.78 is 17.9. The molecule has 13 heavy (non-hydrogen) atoms. The van der Waals surface area contributed by atoms with Gasteiger partial charge in [-0.25, -0.2) is 4.39 Å². The summed E-state index contributed by atoms with van der Waals surface area (Å²) in [5.41, 5.74) is 0.782. The van der Waals surface area contributed by atoms with Crippen LogP contribution >= 0.6 is 0 Å². The van der Waals surface area contributed by atoms with Crippen LogP contribution in [0.25, 0.3) is 6.08 Å². The lowest BCUT2D eigenvalue weighted by Crippen LogP contribution is -1.87. The standard InChI is InChI=1S/C11H13FO/c1-3-4-5-9-8-10(12)6-7-11(9)13-2/h4-8H,3H2,1-2H3. The predicted molar refractivity (Wildman–Crippen MR) is 52.3 cm³/mol. The van der Waals surface area contributed by atoms with Crippen molar-refractivity contribution in [2.24, 2.45) is 0 Å². The largest absolute Gasteiger partial charge is 0.496 e. The molecular weight excluding hydrogens is 167 g/mol. The topological polar surface area (TPSA) is 9.23 Å². The van der Waals surface area contributed by atoms with E-state index in [9.17, 15) is 4.39 Å². The highest BCUT2D eigenvalue weighted by molar-refractivity contribution is 5.57. The van der Waals surface area contributed by atoms with Crippen LogP contribution in [0.15, 0.2) is 24.3 Å². The summed E-state index contributed by atoms with van der Waals surface area (Å²) in [5.74, 6) is 0.461. The SMILES string of the molecule is CCC=Cc1cc(F)ccc1OC. The molecule has 0 saturated heterocycles. The highest BCUT2D eigenvalue weighted by Crippen LogP contribution is 2.20. The van der Waals surface area contributed by atoms with Crippen LogP contribution in [-0.2, 0) is 0 Å². The Hall–Kier alpha value is -1.31. The number of allylic oxidation sites excluding steroid dienone is 1. The number of ether oxygens (including phenoxy) is 1. The summed E-state index contributed by atoms with van der Waals surface area (Å²) in [4.78, 5) is 0. The van der Waals surface area contributed by atoms with Crippen LogP contribution < -0.4 is 4.74 Å². The third-order valence-corrected chi connectivity index (χ3v) is 1.72. The van der Waals surface area contributed by atoms with Gasteiger partial charge in [0.15, 0.2) is 0 Å². The smallest absolute Gasteiger partial charge is 0.126 e. The first-order valence-corrected chi connectivity index (χ1v) is 4.28. The molecule has 0 aliphatic rings. The van der Waals surface area contributed by atoms with Gasteiger partial charge in [0.1, 0.15) is 11.6 Å². The summed E-state index contributed by atoms with van der Waals surface area (Å²) in [5, 5.41) is 0. The summed E-state index contributed by atoms with van der Waals surface area (Å²) in [6.45, 7) is 2.03. The summed E-state index contributed by atoms with van der Waals surface area (Å²) in [7, 11) is 1.58. The second-order valence-electron chi connectivity index (χ2n) is 2.70. The molecule has 1 aromatic rings. The molecule has 1 nitrogen and oxygen atoms in total. The molecule has 1 aromatic carbocycles. The minimum atomic E-state index is -0.239. The number of methoxy groups -OCH3 is 1. The van der Waals surface area contributed by atoms with Gasteiger partial charge in [-0.3, -0.25) is 0 Å². The van der Waals surface area contributed by atoms with Crippen molar-refractivity contribution in [3.63, 3.8) is 0 Å². The molecular formula is C11H13FO. The van der Waals surface area contributed by atoms with Crippen molar-refractivity contribution in [3.8, 4) is 5.75 Å². The van der Waals surface area contributed by atoms with Crippen molar-refractivity contribution in [3.05, 3.63) is 35.7 Å². The average molecular weight is 180 g/mol. The van der Waals surface area contributed by atoms with Crippen molar-refractivity contribution in [2.75, 3.05) is 7.11 Å². The van der Waals surface area contributed by atoms with E-state index in [1.165, 1.54) is 12.1 Å². The Bertz CT molecular complexity index is 305. The molecule has 0 aliphatic heterocycles. The fourth-order valence-corrected chi connectivity index (χ4v) is 1.08. The van der Waals surface area contributed by atoms with E-state index < -0.39 is 0 Å². The molecule has 1 rings (SSSR count). The molecule has 0 aliphatic carbocycles. The van der Waals surface area contributed by atoms with Crippen molar-refractivity contribution in [1.29, 1.82) is 0 Å². The zero-order chi connectivity index (χ0) is 9.68. The fraction of sp³-hybridized carbons (Fsp3) is 0.273. The van der Waals surface area contributed by atoms with Crippen LogP contribution in [0.3, 0.4) is 0 Å². The van der Waals surface area contributed by atoms with Crippen molar-refractivity contribution < 1.29 is 9.13 Å². The molecule has 0 heterocycles. The van der Waals surface area contributed by atoms with Gasteiger partial charge in [-0.05, 0) is 24.6 Å². The zero-order valence-corrected chi connectivity index (χ0v) is 7.88. The maximum Gasteiger partial charge on any atom is 0.126 e. The third-order valence-electron chi connectivity index (χ3n) is 1.72. The molecule has 0 atom stereocenters. The molecule has 0 saturated carbocycles. The van der Waals surface area contributed by atoms with Crippen molar-refractivity contribution in [1.82, 2.24) is 0 Å². The quantitative estimate of drug-likeness (QED) is 0.693. The fourth-order valence-electron chi connectivity index (χ4n) is 1.08. The van der Waals surface area contributed by atoms with E-state index in [1.807, 2.05) is 19.1 Å². The van der Waals surface area contributed by atoms with Gasteiger partial charge in [0.05, 0.1) is 7.11 Å². The second kappa shape index (κ2) is 4.65. The molecule has 0 amide bonds. The Kier molecular flexibility index (Phi) is 3.50. The van der Waals surface area contributed by atoms with Crippen molar-refractivity contribution in [2.45, 2.75) is 13.3 Å².